The van der Waals surface area contributed by atoms with Crippen LogP contribution in [-0.4, -0.2) is 40.8 Å². The molecule has 27 heavy (non-hydrogen) atoms. The lowest BCUT2D eigenvalue weighted by atomic mass is 9.88. The fraction of sp³-hybridized carbons (Fsp3) is 0.619. The van der Waals surface area contributed by atoms with Crippen molar-refractivity contribution in [2.24, 2.45) is 5.92 Å². The summed E-state index contributed by atoms with van der Waals surface area (Å²) in [5.74, 6) is 1.14. The van der Waals surface area contributed by atoms with Crippen LogP contribution in [0.25, 0.3) is 0 Å². The van der Waals surface area contributed by atoms with Crippen LogP contribution in [0, 0.1) is 17.2 Å². The molecule has 1 aromatic heterocycles. The summed E-state index contributed by atoms with van der Waals surface area (Å²) in [6.07, 6.45) is 11.1. The molecule has 1 atom stereocenters. The van der Waals surface area contributed by atoms with E-state index in [0.717, 1.165) is 50.9 Å². The van der Waals surface area contributed by atoms with Crippen LogP contribution < -0.4 is 5.32 Å². The maximum absolute atomic E-state index is 12.5. The molecule has 6 nitrogen and oxygen atoms in total. The third-order valence-corrected chi connectivity index (χ3v) is 5.86. The molecule has 0 aromatic carbocycles. The van der Waals surface area contributed by atoms with E-state index in [1.54, 1.807) is 0 Å². The summed E-state index contributed by atoms with van der Waals surface area (Å²) in [5, 5.41) is 10.8. The predicted molar refractivity (Wildman–Crippen MR) is 102 cm³/mol. The van der Waals surface area contributed by atoms with Crippen LogP contribution in [-0.2, 0) is 9.59 Å². The molecule has 144 valence electrons. The number of nitriles is 1. The lowest BCUT2D eigenvalue weighted by molar-refractivity contribution is -0.135. The highest BCUT2D eigenvalue weighted by atomic mass is 16.2. The second-order valence-corrected chi connectivity index (χ2v) is 7.82. The Labute approximate surface area is 161 Å². The fourth-order valence-electron chi connectivity index (χ4n) is 3.95. The van der Waals surface area contributed by atoms with E-state index < -0.39 is 5.54 Å². The highest BCUT2D eigenvalue weighted by Crippen LogP contribution is 2.33. The maximum atomic E-state index is 12.5. The predicted octanol–water partition coefficient (Wildman–Crippen LogP) is 2.77. The number of likely N-dealkylation sites (tertiary alicyclic amines) is 1. The van der Waals surface area contributed by atoms with Gasteiger partial charge in [0.05, 0.1) is 6.07 Å². The summed E-state index contributed by atoms with van der Waals surface area (Å²) >= 11 is 0. The van der Waals surface area contributed by atoms with Gasteiger partial charge in [-0.25, -0.2) is 0 Å². The summed E-state index contributed by atoms with van der Waals surface area (Å²) in [6, 6.07) is 8.08. The van der Waals surface area contributed by atoms with E-state index in [0.29, 0.717) is 24.2 Å². The third-order valence-electron chi connectivity index (χ3n) is 5.86. The molecule has 2 amide bonds. The first-order valence-electron chi connectivity index (χ1n) is 10.00. The van der Waals surface area contributed by atoms with Crippen molar-refractivity contribution in [3.05, 3.63) is 30.1 Å². The number of pyridine rings is 1. The molecule has 4 rings (SSSR count). The van der Waals surface area contributed by atoms with Crippen molar-refractivity contribution in [3.8, 4) is 6.07 Å². The number of nitrogens with zero attached hydrogens (tertiary/aromatic N) is 3. The minimum Gasteiger partial charge on any atom is -0.342 e. The van der Waals surface area contributed by atoms with E-state index in [1.165, 1.54) is 19.3 Å². The summed E-state index contributed by atoms with van der Waals surface area (Å²) < 4.78 is 0. The highest BCUT2D eigenvalue weighted by Gasteiger charge is 2.42. The van der Waals surface area contributed by atoms with Crippen molar-refractivity contribution in [2.75, 3.05) is 13.1 Å². The molecule has 1 saturated heterocycles. The topological polar surface area (TPSA) is 86.1 Å². The molecule has 3 fully saturated rings. The van der Waals surface area contributed by atoms with E-state index >= 15 is 0 Å². The molecule has 1 N–H and O–H groups in total. The van der Waals surface area contributed by atoms with Crippen LogP contribution in [0.2, 0.25) is 0 Å². The Bertz CT molecular complexity index is 675. The van der Waals surface area contributed by atoms with Crippen LogP contribution in [0.4, 0.5) is 0 Å². The van der Waals surface area contributed by atoms with Gasteiger partial charge >= 0.3 is 0 Å². The van der Waals surface area contributed by atoms with Crippen LogP contribution in [0.15, 0.2) is 24.4 Å². The molecule has 2 aliphatic carbocycles. The second kappa shape index (κ2) is 8.98. The van der Waals surface area contributed by atoms with Gasteiger partial charge in [-0.3, -0.25) is 14.6 Å². The first-order valence-corrected chi connectivity index (χ1v) is 10.00. The van der Waals surface area contributed by atoms with Crippen LogP contribution >= 0.6 is 0 Å². The van der Waals surface area contributed by atoms with Crippen molar-refractivity contribution in [1.82, 2.24) is 15.2 Å². The molecule has 1 aromatic rings. The first kappa shape index (κ1) is 19.3. The van der Waals surface area contributed by atoms with Crippen LogP contribution in [0.5, 0.6) is 0 Å². The molecule has 6 heteroatoms. The average Bonchev–Trinajstić information content (AvgIpc) is 3.34. The van der Waals surface area contributed by atoms with Gasteiger partial charge in [0.25, 0.3) is 0 Å². The highest BCUT2D eigenvalue weighted by molar-refractivity contribution is 5.79. The first-order chi connectivity index (χ1) is 13.2. The third kappa shape index (κ3) is 5.06. The number of aromatic nitrogens is 1. The quantitative estimate of drug-likeness (QED) is 0.828. The summed E-state index contributed by atoms with van der Waals surface area (Å²) in [6.45, 7) is 1.78. The number of carbonyl (C=O) groups excluding carboxylic acids is 2. The second-order valence-electron chi connectivity index (χ2n) is 7.82. The van der Waals surface area contributed by atoms with Crippen LogP contribution in [0.3, 0.4) is 0 Å². The Balaban J connectivity index is 0.000000221. The SMILES string of the molecule is N#CC1(NC=O)CC1.O=C(C1CCCCC1)N1CCC(c2ccccn2)C1. The van der Waals surface area contributed by atoms with Gasteiger partial charge in [0.2, 0.25) is 12.3 Å². The zero-order valence-electron chi connectivity index (χ0n) is 15.8. The Hall–Kier alpha value is -2.42. The summed E-state index contributed by atoms with van der Waals surface area (Å²) in [4.78, 5) is 28.7. The molecular weight excluding hydrogens is 340 g/mol. The van der Waals surface area contributed by atoms with Crippen molar-refractivity contribution >= 4 is 12.3 Å². The fourth-order valence-corrected chi connectivity index (χ4v) is 3.95. The Kier molecular flexibility index (Phi) is 6.44. The number of carbonyl (C=O) groups is 2. The minimum atomic E-state index is -0.470. The Morgan fingerprint density at radius 1 is 1.26 bits per heavy atom. The number of nitrogens with one attached hydrogen (secondary N) is 1. The molecule has 2 saturated carbocycles. The van der Waals surface area contributed by atoms with Crippen molar-refractivity contribution in [2.45, 2.75) is 62.8 Å². The standard InChI is InChI=1S/C16H22N2O.C5H6N2O/c19-16(13-6-2-1-3-7-13)18-11-9-14(12-18)15-8-4-5-10-17-15;6-3-5(1-2-5)7-4-8/h4-5,8,10,13-14H,1-3,6-7,9,11-12H2;4H,1-2H2,(H,7,8). The van der Waals surface area contributed by atoms with Crippen molar-refractivity contribution in [1.29, 1.82) is 5.26 Å². The lowest BCUT2D eigenvalue weighted by Crippen LogP contribution is -2.35. The molecule has 2 heterocycles. The molecule has 3 aliphatic rings. The molecular formula is C21H28N4O2. The van der Waals surface area contributed by atoms with Gasteiger partial charge < -0.3 is 10.2 Å². The Morgan fingerprint density at radius 3 is 2.59 bits per heavy atom. The van der Waals surface area contributed by atoms with Gasteiger partial charge in [0.15, 0.2) is 0 Å². The molecule has 0 radical (unpaired) electrons. The number of rotatable bonds is 4. The monoisotopic (exact) mass is 368 g/mol. The van der Waals surface area contributed by atoms with Crippen molar-refractivity contribution in [3.63, 3.8) is 0 Å². The zero-order chi connectivity index (χ0) is 19.1. The van der Waals surface area contributed by atoms with Gasteiger partial charge in [0.1, 0.15) is 5.54 Å². The normalized spacial score (nSPS) is 23.5. The number of amides is 2. The molecule has 1 unspecified atom stereocenters. The van der Waals surface area contributed by atoms with Gasteiger partial charge in [-0.05, 0) is 44.2 Å². The van der Waals surface area contributed by atoms with Gasteiger partial charge in [-0.2, -0.15) is 5.26 Å². The summed E-state index contributed by atoms with van der Waals surface area (Å²) in [7, 11) is 0. The van der Waals surface area contributed by atoms with Gasteiger partial charge in [-0.15, -0.1) is 0 Å². The van der Waals surface area contributed by atoms with E-state index in [-0.39, 0.29) is 0 Å². The molecule has 0 spiro atoms. The van der Waals surface area contributed by atoms with E-state index in [2.05, 4.69) is 21.3 Å². The Morgan fingerprint density at radius 2 is 2.04 bits per heavy atom. The van der Waals surface area contributed by atoms with E-state index in [4.69, 9.17) is 5.26 Å². The van der Waals surface area contributed by atoms with E-state index in [9.17, 15) is 9.59 Å². The minimum absolute atomic E-state index is 0.302. The molecule has 0 bridgehead atoms. The van der Waals surface area contributed by atoms with Crippen molar-refractivity contribution < 1.29 is 9.59 Å². The van der Waals surface area contributed by atoms with Gasteiger partial charge in [-0.1, -0.05) is 25.3 Å². The van der Waals surface area contributed by atoms with Crippen LogP contribution in [0.1, 0.15) is 63.0 Å². The largest absolute Gasteiger partial charge is 0.342 e. The molecule has 1 aliphatic heterocycles. The zero-order valence-corrected chi connectivity index (χ0v) is 15.8. The average molecular weight is 368 g/mol. The number of hydrogen-bond donors (Lipinski definition) is 1. The maximum Gasteiger partial charge on any atom is 0.225 e. The van der Waals surface area contributed by atoms with E-state index in [1.807, 2.05) is 24.4 Å². The summed E-state index contributed by atoms with van der Waals surface area (Å²) in [5.41, 5.74) is 0.670. The van der Waals surface area contributed by atoms with Gasteiger partial charge in [0, 0.05) is 36.8 Å². The number of hydrogen-bond acceptors (Lipinski definition) is 4. The smallest absolute Gasteiger partial charge is 0.225 e. The lowest BCUT2D eigenvalue weighted by Gasteiger charge is -2.26.